The summed E-state index contributed by atoms with van der Waals surface area (Å²) in [6.07, 6.45) is 0. The molecule has 0 N–H and O–H groups in total. The smallest absolute Gasteiger partial charge is 0.246 e. The third-order valence-corrected chi connectivity index (χ3v) is 6.25. The number of piperazine rings is 1. The van der Waals surface area contributed by atoms with E-state index in [1.807, 2.05) is 18.7 Å². The van der Waals surface area contributed by atoms with Crippen LogP contribution in [0.2, 0.25) is 0 Å². The van der Waals surface area contributed by atoms with E-state index in [9.17, 15) is 22.0 Å². The van der Waals surface area contributed by atoms with Gasteiger partial charge in [-0.3, -0.25) is 9.69 Å². The first kappa shape index (κ1) is 19.7. The SMILES string of the molecule is CCN(CC)C(=O)CN1CCN(S(=O)(=O)c2ccc(F)cc2F)CC1. The van der Waals surface area contributed by atoms with Crippen molar-refractivity contribution >= 4 is 15.9 Å². The second-order valence-electron chi connectivity index (χ2n) is 5.82. The van der Waals surface area contributed by atoms with E-state index < -0.39 is 26.6 Å². The molecule has 0 bridgehead atoms. The van der Waals surface area contributed by atoms with E-state index in [1.54, 1.807) is 4.90 Å². The summed E-state index contributed by atoms with van der Waals surface area (Å²) in [6, 6.07) is 2.43. The molecule has 140 valence electrons. The predicted molar refractivity (Wildman–Crippen MR) is 89.5 cm³/mol. The zero-order chi connectivity index (χ0) is 18.6. The predicted octanol–water partition coefficient (Wildman–Crippen LogP) is 1.14. The van der Waals surface area contributed by atoms with Crippen LogP contribution in [0.25, 0.3) is 0 Å². The molecule has 0 spiro atoms. The Balaban J connectivity index is 2.00. The van der Waals surface area contributed by atoms with E-state index in [4.69, 9.17) is 0 Å². The number of nitrogens with zero attached hydrogens (tertiary/aromatic N) is 3. The summed E-state index contributed by atoms with van der Waals surface area (Å²) in [7, 11) is -4.02. The minimum atomic E-state index is -4.02. The number of benzene rings is 1. The van der Waals surface area contributed by atoms with Crippen LogP contribution in [0, 0.1) is 11.6 Å². The van der Waals surface area contributed by atoms with Crippen LogP contribution < -0.4 is 0 Å². The van der Waals surface area contributed by atoms with Gasteiger partial charge in [0.2, 0.25) is 15.9 Å². The summed E-state index contributed by atoms with van der Waals surface area (Å²) in [5, 5.41) is 0. The lowest BCUT2D eigenvalue weighted by molar-refractivity contribution is -0.132. The van der Waals surface area contributed by atoms with Gasteiger partial charge in [0.15, 0.2) is 0 Å². The highest BCUT2D eigenvalue weighted by atomic mass is 32.2. The number of amides is 1. The van der Waals surface area contributed by atoms with Crippen molar-refractivity contribution in [1.29, 1.82) is 0 Å². The number of rotatable bonds is 6. The average Bonchev–Trinajstić information content (AvgIpc) is 2.56. The van der Waals surface area contributed by atoms with Gasteiger partial charge in [-0.25, -0.2) is 17.2 Å². The molecule has 0 radical (unpaired) electrons. The lowest BCUT2D eigenvalue weighted by Gasteiger charge is -2.34. The summed E-state index contributed by atoms with van der Waals surface area (Å²) < 4.78 is 53.0. The second-order valence-corrected chi connectivity index (χ2v) is 7.73. The van der Waals surface area contributed by atoms with E-state index in [2.05, 4.69) is 0 Å². The fourth-order valence-corrected chi connectivity index (χ4v) is 4.29. The van der Waals surface area contributed by atoms with Crippen molar-refractivity contribution in [1.82, 2.24) is 14.1 Å². The quantitative estimate of drug-likeness (QED) is 0.748. The third kappa shape index (κ3) is 4.53. The minimum absolute atomic E-state index is 0.00545. The monoisotopic (exact) mass is 375 g/mol. The van der Waals surface area contributed by atoms with Gasteiger partial charge in [0.25, 0.3) is 0 Å². The fraction of sp³-hybridized carbons (Fsp3) is 0.562. The first-order valence-corrected chi connectivity index (χ1v) is 9.69. The van der Waals surface area contributed by atoms with Crippen LogP contribution in [0.1, 0.15) is 13.8 Å². The van der Waals surface area contributed by atoms with Crippen molar-refractivity contribution in [2.75, 3.05) is 45.8 Å². The molecule has 1 heterocycles. The molecule has 6 nitrogen and oxygen atoms in total. The molecule has 1 aliphatic heterocycles. The van der Waals surface area contributed by atoms with E-state index in [0.29, 0.717) is 32.2 Å². The van der Waals surface area contributed by atoms with E-state index in [1.165, 1.54) is 4.31 Å². The number of carbonyl (C=O) groups excluding carboxylic acids is 1. The Kier molecular flexibility index (Phi) is 6.47. The maximum Gasteiger partial charge on any atom is 0.246 e. The van der Waals surface area contributed by atoms with Gasteiger partial charge in [0, 0.05) is 45.3 Å². The first-order chi connectivity index (χ1) is 11.8. The van der Waals surface area contributed by atoms with Gasteiger partial charge < -0.3 is 4.90 Å². The molecule has 1 saturated heterocycles. The molecule has 1 fully saturated rings. The van der Waals surface area contributed by atoms with Gasteiger partial charge in [0.05, 0.1) is 6.54 Å². The molecular formula is C16H23F2N3O3S. The first-order valence-electron chi connectivity index (χ1n) is 8.25. The molecule has 9 heteroatoms. The molecule has 0 atom stereocenters. The van der Waals surface area contributed by atoms with Gasteiger partial charge >= 0.3 is 0 Å². The number of sulfonamides is 1. The summed E-state index contributed by atoms with van der Waals surface area (Å²) in [5.41, 5.74) is 0. The Morgan fingerprint density at radius 2 is 1.72 bits per heavy atom. The molecule has 1 amide bonds. The summed E-state index contributed by atoms with van der Waals surface area (Å²) in [6.45, 7) is 6.40. The van der Waals surface area contributed by atoms with Crippen LogP contribution in [0.4, 0.5) is 8.78 Å². The van der Waals surface area contributed by atoms with Gasteiger partial charge in [-0.15, -0.1) is 0 Å². The standard InChI is InChI=1S/C16H23F2N3O3S/c1-3-20(4-2)16(22)12-19-7-9-21(10-8-19)25(23,24)15-6-5-13(17)11-14(15)18/h5-6,11H,3-4,7-10,12H2,1-2H3. The van der Waals surface area contributed by atoms with Crippen LogP contribution in [0.15, 0.2) is 23.1 Å². The maximum absolute atomic E-state index is 13.8. The Bertz CT molecular complexity index is 715. The van der Waals surface area contributed by atoms with E-state index >= 15 is 0 Å². The molecule has 0 aromatic heterocycles. The van der Waals surface area contributed by atoms with Crippen molar-refractivity contribution in [3.05, 3.63) is 29.8 Å². The zero-order valence-electron chi connectivity index (χ0n) is 14.4. The van der Waals surface area contributed by atoms with Crippen LogP contribution in [-0.2, 0) is 14.8 Å². The Hall–Kier alpha value is -1.58. The summed E-state index contributed by atoms with van der Waals surface area (Å²) in [4.78, 5) is 15.2. The topological polar surface area (TPSA) is 60.9 Å². The summed E-state index contributed by atoms with van der Waals surface area (Å²) >= 11 is 0. The summed E-state index contributed by atoms with van der Waals surface area (Å²) in [5.74, 6) is -1.92. The number of halogens is 2. The van der Waals surface area contributed by atoms with Crippen LogP contribution in [-0.4, -0.2) is 74.2 Å². The zero-order valence-corrected chi connectivity index (χ0v) is 15.2. The fourth-order valence-electron chi connectivity index (χ4n) is 2.82. The molecule has 1 aliphatic rings. The van der Waals surface area contributed by atoms with Gasteiger partial charge in [-0.05, 0) is 26.0 Å². The largest absolute Gasteiger partial charge is 0.342 e. The van der Waals surface area contributed by atoms with Crippen LogP contribution in [0.5, 0.6) is 0 Å². The van der Waals surface area contributed by atoms with Crippen molar-refractivity contribution < 1.29 is 22.0 Å². The van der Waals surface area contributed by atoms with E-state index in [-0.39, 0.29) is 25.5 Å². The molecular weight excluding hydrogens is 352 g/mol. The van der Waals surface area contributed by atoms with Crippen LogP contribution >= 0.6 is 0 Å². The van der Waals surface area contributed by atoms with Crippen molar-refractivity contribution in [2.24, 2.45) is 0 Å². The van der Waals surface area contributed by atoms with Gasteiger partial charge in [-0.2, -0.15) is 4.31 Å². The second kappa shape index (κ2) is 8.20. The Morgan fingerprint density at radius 3 is 2.24 bits per heavy atom. The lowest BCUT2D eigenvalue weighted by Crippen LogP contribution is -2.51. The highest BCUT2D eigenvalue weighted by molar-refractivity contribution is 7.89. The molecule has 1 aromatic carbocycles. The highest BCUT2D eigenvalue weighted by Crippen LogP contribution is 2.21. The lowest BCUT2D eigenvalue weighted by atomic mass is 10.3. The minimum Gasteiger partial charge on any atom is -0.342 e. The normalized spacial score (nSPS) is 16.8. The number of likely N-dealkylation sites (N-methyl/N-ethyl adjacent to an activating group) is 1. The van der Waals surface area contributed by atoms with Gasteiger partial charge in [-0.1, -0.05) is 0 Å². The average molecular weight is 375 g/mol. The molecule has 25 heavy (non-hydrogen) atoms. The van der Waals surface area contributed by atoms with Gasteiger partial charge in [0.1, 0.15) is 16.5 Å². The maximum atomic E-state index is 13.8. The van der Waals surface area contributed by atoms with Crippen molar-refractivity contribution in [3.8, 4) is 0 Å². The molecule has 2 rings (SSSR count). The Morgan fingerprint density at radius 1 is 1.12 bits per heavy atom. The van der Waals surface area contributed by atoms with Crippen molar-refractivity contribution in [3.63, 3.8) is 0 Å². The Labute approximate surface area is 147 Å². The third-order valence-electron chi connectivity index (χ3n) is 4.32. The molecule has 1 aromatic rings. The van der Waals surface area contributed by atoms with Crippen molar-refractivity contribution in [2.45, 2.75) is 18.7 Å². The molecule has 0 aliphatic carbocycles. The van der Waals surface area contributed by atoms with E-state index in [0.717, 1.165) is 12.1 Å². The van der Waals surface area contributed by atoms with Crippen LogP contribution in [0.3, 0.4) is 0 Å². The molecule has 0 saturated carbocycles. The molecule has 0 unspecified atom stereocenters. The number of carbonyl (C=O) groups is 1. The number of hydrogen-bond donors (Lipinski definition) is 0. The highest BCUT2D eigenvalue weighted by Gasteiger charge is 2.31. The number of hydrogen-bond acceptors (Lipinski definition) is 4.